The number of carbonyl (C=O) groups excluding carboxylic acids is 1. The number of aryl methyl sites for hydroxylation is 1. The van der Waals surface area contributed by atoms with Crippen LogP contribution in [0, 0.1) is 12.7 Å². The first-order valence-electron chi connectivity index (χ1n) is 4.89. The highest BCUT2D eigenvalue weighted by molar-refractivity contribution is 6.05. The van der Waals surface area contributed by atoms with E-state index in [1.165, 1.54) is 19.2 Å². The highest BCUT2D eigenvalue weighted by Gasteiger charge is 2.19. The first kappa shape index (κ1) is 10.7. The van der Waals surface area contributed by atoms with Gasteiger partial charge in [-0.2, -0.15) is 0 Å². The summed E-state index contributed by atoms with van der Waals surface area (Å²) in [5.74, 6) is -0.794. The molecule has 0 atom stereocenters. The van der Waals surface area contributed by atoms with Crippen molar-refractivity contribution >= 4 is 16.9 Å². The number of fused-ring (bicyclic) bond motifs is 1. The predicted molar refractivity (Wildman–Crippen MR) is 59.0 cm³/mol. The number of hydrogen-bond acceptors (Lipinski definition) is 2. The molecule has 0 fully saturated rings. The van der Waals surface area contributed by atoms with Gasteiger partial charge in [-0.05, 0) is 25.1 Å². The zero-order valence-corrected chi connectivity index (χ0v) is 9.37. The maximum absolute atomic E-state index is 13.2. The SMILES string of the molecule is COC(=O)c1c(C)n(C)c2ccc(F)cc12. The Morgan fingerprint density at radius 2 is 2.12 bits per heavy atom. The van der Waals surface area contributed by atoms with Gasteiger partial charge in [0.15, 0.2) is 0 Å². The summed E-state index contributed by atoms with van der Waals surface area (Å²) in [6, 6.07) is 4.39. The Hall–Kier alpha value is -1.84. The van der Waals surface area contributed by atoms with Crippen LogP contribution in [0.4, 0.5) is 4.39 Å². The Kier molecular flexibility index (Phi) is 2.42. The van der Waals surface area contributed by atoms with Gasteiger partial charge in [-0.15, -0.1) is 0 Å². The van der Waals surface area contributed by atoms with E-state index in [1.54, 1.807) is 6.07 Å². The minimum Gasteiger partial charge on any atom is -0.465 e. The number of carbonyl (C=O) groups is 1. The number of ether oxygens (including phenoxy) is 1. The summed E-state index contributed by atoms with van der Waals surface area (Å²) in [7, 11) is 3.15. The third-order valence-corrected chi connectivity index (χ3v) is 2.84. The average Bonchev–Trinajstić information content (AvgIpc) is 2.51. The van der Waals surface area contributed by atoms with Crippen molar-refractivity contribution in [3.8, 4) is 0 Å². The average molecular weight is 221 g/mol. The van der Waals surface area contributed by atoms with Gasteiger partial charge < -0.3 is 9.30 Å². The minimum atomic E-state index is -0.436. The quantitative estimate of drug-likeness (QED) is 0.692. The van der Waals surface area contributed by atoms with Crippen LogP contribution in [-0.2, 0) is 11.8 Å². The third-order valence-electron chi connectivity index (χ3n) is 2.84. The molecule has 0 aliphatic heterocycles. The lowest BCUT2D eigenvalue weighted by molar-refractivity contribution is 0.0602. The van der Waals surface area contributed by atoms with E-state index in [0.29, 0.717) is 10.9 Å². The smallest absolute Gasteiger partial charge is 0.340 e. The number of nitrogens with zero attached hydrogens (tertiary/aromatic N) is 1. The van der Waals surface area contributed by atoms with Gasteiger partial charge in [-0.1, -0.05) is 0 Å². The molecule has 0 aliphatic rings. The summed E-state index contributed by atoms with van der Waals surface area (Å²) in [5, 5.41) is 0.590. The van der Waals surface area contributed by atoms with Crippen LogP contribution < -0.4 is 0 Å². The van der Waals surface area contributed by atoms with E-state index in [2.05, 4.69) is 0 Å². The van der Waals surface area contributed by atoms with Gasteiger partial charge in [0.1, 0.15) is 5.82 Å². The van der Waals surface area contributed by atoms with Crippen molar-refractivity contribution in [3.05, 3.63) is 35.3 Å². The van der Waals surface area contributed by atoms with Crippen LogP contribution in [0.1, 0.15) is 16.1 Å². The molecule has 16 heavy (non-hydrogen) atoms. The largest absolute Gasteiger partial charge is 0.465 e. The van der Waals surface area contributed by atoms with Crippen molar-refractivity contribution in [2.24, 2.45) is 7.05 Å². The molecule has 1 heterocycles. The minimum absolute atomic E-state index is 0.358. The van der Waals surface area contributed by atoms with E-state index >= 15 is 0 Å². The number of benzene rings is 1. The Morgan fingerprint density at radius 1 is 1.44 bits per heavy atom. The zero-order chi connectivity index (χ0) is 11.9. The molecule has 0 N–H and O–H groups in total. The Bertz CT molecular complexity index is 572. The molecular weight excluding hydrogens is 209 g/mol. The maximum Gasteiger partial charge on any atom is 0.340 e. The second-order valence-corrected chi connectivity index (χ2v) is 3.67. The van der Waals surface area contributed by atoms with Crippen molar-refractivity contribution in [2.45, 2.75) is 6.92 Å². The van der Waals surface area contributed by atoms with Crippen LogP contribution in [0.15, 0.2) is 18.2 Å². The molecule has 84 valence electrons. The van der Waals surface area contributed by atoms with Crippen LogP contribution in [0.25, 0.3) is 10.9 Å². The lowest BCUT2D eigenvalue weighted by atomic mass is 10.1. The molecule has 0 saturated carbocycles. The second kappa shape index (κ2) is 3.63. The molecule has 4 heteroatoms. The standard InChI is InChI=1S/C12H12FNO2/c1-7-11(12(15)16-3)9-6-8(13)4-5-10(9)14(7)2/h4-6H,1-3H3. The molecule has 0 saturated heterocycles. The lowest BCUT2D eigenvalue weighted by Gasteiger charge is -1.99. The number of esters is 1. The highest BCUT2D eigenvalue weighted by Crippen LogP contribution is 2.26. The molecule has 0 aliphatic carbocycles. The number of halogens is 1. The zero-order valence-electron chi connectivity index (χ0n) is 9.37. The summed E-state index contributed by atoms with van der Waals surface area (Å²) >= 11 is 0. The van der Waals surface area contributed by atoms with Crippen LogP contribution in [-0.4, -0.2) is 17.6 Å². The maximum atomic E-state index is 13.2. The van der Waals surface area contributed by atoms with Gasteiger partial charge >= 0.3 is 5.97 Å². The van der Waals surface area contributed by atoms with E-state index in [-0.39, 0.29) is 5.82 Å². The number of aromatic nitrogens is 1. The fourth-order valence-corrected chi connectivity index (χ4v) is 1.90. The van der Waals surface area contributed by atoms with Gasteiger partial charge in [0.25, 0.3) is 0 Å². The van der Waals surface area contributed by atoms with Gasteiger partial charge in [0.05, 0.1) is 12.7 Å². The van der Waals surface area contributed by atoms with Crippen LogP contribution in [0.3, 0.4) is 0 Å². The van der Waals surface area contributed by atoms with E-state index in [4.69, 9.17) is 4.74 Å². The Morgan fingerprint density at radius 3 is 2.75 bits per heavy atom. The topological polar surface area (TPSA) is 31.2 Å². The number of hydrogen-bond donors (Lipinski definition) is 0. The van der Waals surface area contributed by atoms with Gasteiger partial charge in [0.2, 0.25) is 0 Å². The number of methoxy groups -OCH3 is 1. The Balaban J connectivity index is 2.85. The van der Waals surface area contributed by atoms with Crippen molar-refractivity contribution in [2.75, 3.05) is 7.11 Å². The molecule has 2 aromatic rings. The third kappa shape index (κ3) is 1.38. The molecule has 0 radical (unpaired) electrons. The normalized spacial score (nSPS) is 10.8. The van der Waals surface area contributed by atoms with Crippen molar-refractivity contribution < 1.29 is 13.9 Å². The second-order valence-electron chi connectivity index (χ2n) is 3.67. The summed E-state index contributed by atoms with van der Waals surface area (Å²) in [6.07, 6.45) is 0. The molecule has 0 spiro atoms. The molecule has 1 aromatic carbocycles. The van der Waals surface area contributed by atoms with Crippen molar-refractivity contribution in [1.82, 2.24) is 4.57 Å². The van der Waals surface area contributed by atoms with E-state index in [9.17, 15) is 9.18 Å². The van der Waals surface area contributed by atoms with Gasteiger partial charge in [-0.25, -0.2) is 9.18 Å². The van der Waals surface area contributed by atoms with Gasteiger partial charge in [-0.3, -0.25) is 0 Å². The van der Waals surface area contributed by atoms with Gasteiger partial charge in [0, 0.05) is 23.6 Å². The monoisotopic (exact) mass is 221 g/mol. The summed E-state index contributed by atoms with van der Waals surface area (Å²) < 4.78 is 19.7. The molecule has 0 unspecified atom stereocenters. The van der Waals surface area contributed by atoms with Crippen molar-refractivity contribution in [3.63, 3.8) is 0 Å². The molecular formula is C12H12FNO2. The molecule has 2 rings (SSSR count). The molecule has 3 nitrogen and oxygen atoms in total. The molecule has 0 bridgehead atoms. The van der Waals surface area contributed by atoms with E-state index in [1.807, 2.05) is 18.5 Å². The first-order valence-corrected chi connectivity index (χ1v) is 4.89. The van der Waals surface area contributed by atoms with E-state index in [0.717, 1.165) is 11.2 Å². The van der Waals surface area contributed by atoms with Crippen molar-refractivity contribution in [1.29, 1.82) is 0 Å². The highest BCUT2D eigenvalue weighted by atomic mass is 19.1. The van der Waals surface area contributed by atoms with Crippen LogP contribution >= 0.6 is 0 Å². The predicted octanol–water partition coefficient (Wildman–Crippen LogP) is 2.41. The summed E-state index contributed by atoms with van der Waals surface area (Å²) in [4.78, 5) is 11.6. The fourth-order valence-electron chi connectivity index (χ4n) is 1.90. The summed E-state index contributed by atoms with van der Waals surface area (Å²) in [6.45, 7) is 1.81. The summed E-state index contributed by atoms with van der Waals surface area (Å²) in [5.41, 5.74) is 2.02. The molecule has 0 amide bonds. The lowest BCUT2D eigenvalue weighted by Crippen LogP contribution is -2.03. The Labute approximate surface area is 92.4 Å². The van der Waals surface area contributed by atoms with E-state index < -0.39 is 5.97 Å². The van der Waals surface area contributed by atoms with Crippen LogP contribution in [0.2, 0.25) is 0 Å². The first-order chi connectivity index (χ1) is 7.56. The molecule has 1 aromatic heterocycles. The number of rotatable bonds is 1. The van der Waals surface area contributed by atoms with Crippen LogP contribution in [0.5, 0.6) is 0 Å². The fraction of sp³-hybridized carbons (Fsp3) is 0.250.